The van der Waals surface area contributed by atoms with Crippen LogP contribution in [-0.4, -0.2) is 24.5 Å². The van der Waals surface area contributed by atoms with Crippen LogP contribution in [0.2, 0.25) is 0 Å². The molecule has 2 aromatic carbocycles. The second kappa shape index (κ2) is 7.63. The number of fused-ring (bicyclic) bond motifs is 2. The number of thiazole rings is 1. The van der Waals surface area contributed by atoms with Crippen LogP contribution in [0.1, 0.15) is 29.7 Å². The fourth-order valence-electron chi connectivity index (χ4n) is 4.07. The Morgan fingerprint density at radius 2 is 2.16 bits per heavy atom. The summed E-state index contributed by atoms with van der Waals surface area (Å²) in [5.74, 6) is -0.522. The summed E-state index contributed by atoms with van der Waals surface area (Å²) < 4.78 is 34.8. The van der Waals surface area contributed by atoms with E-state index in [2.05, 4.69) is 21.1 Å². The summed E-state index contributed by atoms with van der Waals surface area (Å²) in [4.78, 5) is 16.7. The molecule has 160 valence electrons. The van der Waals surface area contributed by atoms with Gasteiger partial charge in [-0.05, 0) is 48.7 Å². The number of aromatic nitrogens is 2. The van der Waals surface area contributed by atoms with Crippen molar-refractivity contribution >= 4 is 37.6 Å². The maximum absolute atomic E-state index is 12.7. The van der Waals surface area contributed by atoms with Crippen molar-refractivity contribution in [1.29, 1.82) is 0 Å². The quantitative estimate of drug-likeness (QED) is 0.478. The van der Waals surface area contributed by atoms with E-state index >= 15 is 0 Å². The Hall–Kier alpha value is -2.95. The molecule has 0 spiro atoms. The molecule has 0 fully saturated rings. The zero-order chi connectivity index (χ0) is 21.6. The molecule has 0 saturated carbocycles. The third-order valence-electron chi connectivity index (χ3n) is 5.57. The van der Waals surface area contributed by atoms with Gasteiger partial charge in [-0.25, -0.2) is 18.2 Å². The summed E-state index contributed by atoms with van der Waals surface area (Å²) in [7, 11) is -3.84. The molecule has 0 aliphatic carbocycles. The molecule has 2 N–H and O–H groups in total. The van der Waals surface area contributed by atoms with Gasteiger partial charge in [0.15, 0.2) is 10.7 Å². The highest BCUT2D eigenvalue weighted by Gasteiger charge is 2.23. The van der Waals surface area contributed by atoms with Crippen molar-refractivity contribution in [2.45, 2.75) is 30.8 Å². The van der Waals surface area contributed by atoms with Crippen molar-refractivity contribution in [3.05, 3.63) is 75.2 Å². The van der Waals surface area contributed by atoms with Crippen LogP contribution in [0.5, 0.6) is 0 Å². The number of nitrogens with zero attached hydrogens (tertiary/aromatic N) is 2. The predicted molar refractivity (Wildman–Crippen MR) is 119 cm³/mol. The van der Waals surface area contributed by atoms with E-state index in [-0.39, 0.29) is 21.7 Å². The van der Waals surface area contributed by atoms with Crippen LogP contribution in [0, 0.1) is 0 Å². The van der Waals surface area contributed by atoms with E-state index in [0.29, 0.717) is 5.52 Å². The largest absolute Gasteiger partial charge is 0.420 e. The van der Waals surface area contributed by atoms with Gasteiger partial charge in [-0.1, -0.05) is 18.2 Å². The normalized spacial score (nSPS) is 15.0. The van der Waals surface area contributed by atoms with Crippen LogP contribution in [0.4, 0.5) is 5.13 Å². The Morgan fingerprint density at radius 3 is 2.97 bits per heavy atom. The highest BCUT2D eigenvalue weighted by Crippen LogP contribution is 2.29. The zero-order valence-electron chi connectivity index (χ0n) is 16.7. The highest BCUT2D eigenvalue weighted by molar-refractivity contribution is 7.93. The first kappa shape index (κ1) is 20.0. The minimum Gasteiger partial charge on any atom is -0.408 e. The smallest absolute Gasteiger partial charge is 0.408 e. The number of anilines is 1. The van der Waals surface area contributed by atoms with E-state index < -0.39 is 15.8 Å². The third-order valence-corrected chi connectivity index (χ3v) is 7.72. The fraction of sp³-hybridized carbons (Fsp3) is 0.238. The average molecular weight is 457 g/mol. The molecule has 0 radical (unpaired) electrons. The third kappa shape index (κ3) is 3.56. The summed E-state index contributed by atoms with van der Waals surface area (Å²) >= 11 is 1.18. The summed E-state index contributed by atoms with van der Waals surface area (Å²) in [5.41, 5.74) is 4.31. The maximum Gasteiger partial charge on any atom is 0.420 e. The lowest BCUT2D eigenvalue weighted by Crippen LogP contribution is -2.27. The number of rotatable bonds is 5. The van der Waals surface area contributed by atoms with E-state index in [0.717, 1.165) is 25.1 Å². The molecule has 4 aromatic rings. The Bertz CT molecular complexity index is 1420. The number of hydrogen-bond donors (Lipinski definition) is 2. The molecule has 2 aromatic heterocycles. The van der Waals surface area contributed by atoms with Crippen LogP contribution >= 0.6 is 11.3 Å². The van der Waals surface area contributed by atoms with Crippen molar-refractivity contribution < 1.29 is 12.8 Å². The van der Waals surface area contributed by atoms with Gasteiger partial charge in [-0.15, -0.1) is 11.3 Å². The maximum atomic E-state index is 12.7. The second-order valence-corrected chi connectivity index (χ2v) is 9.97. The second-order valence-electron chi connectivity index (χ2n) is 7.40. The summed E-state index contributed by atoms with van der Waals surface area (Å²) in [6.45, 7) is 3.64. The van der Waals surface area contributed by atoms with Gasteiger partial charge in [0.2, 0.25) is 0 Å². The predicted octanol–water partition coefficient (Wildman–Crippen LogP) is 3.11. The molecular weight excluding hydrogens is 436 g/mol. The van der Waals surface area contributed by atoms with Crippen LogP contribution in [0.25, 0.3) is 11.1 Å². The van der Waals surface area contributed by atoms with Gasteiger partial charge in [0.05, 0.1) is 16.5 Å². The minimum absolute atomic E-state index is 0.00467. The van der Waals surface area contributed by atoms with Gasteiger partial charge in [0, 0.05) is 24.2 Å². The topological polar surface area (TPSA) is 106 Å². The lowest BCUT2D eigenvalue weighted by atomic mass is 9.92. The van der Waals surface area contributed by atoms with Gasteiger partial charge in [-0.3, -0.25) is 9.29 Å². The number of benzene rings is 2. The lowest BCUT2D eigenvalue weighted by molar-refractivity contribution is 0.486. The number of nitrogens with one attached hydrogen (secondary N) is 2. The molecule has 1 atom stereocenters. The molecule has 5 rings (SSSR count). The Morgan fingerprint density at radius 1 is 1.29 bits per heavy atom. The first-order valence-electron chi connectivity index (χ1n) is 9.83. The molecule has 1 aliphatic heterocycles. The molecule has 3 heterocycles. The van der Waals surface area contributed by atoms with Crippen molar-refractivity contribution in [3.8, 4) is 0 Å². The van der Waals surface area contributed by atoms with Gasteiger partial charge in [0.1, 0.15) is 0 Å². The Kier molecular flexibility index (Phi) is 4.92. The Labute approximate surface area is 182 Å². The van der Waals surface area contributed by atoms with Crippen molar-refractivity contribution in [2.75, 3.05) is 11.3 Å². The van der Waals surface area contributed by atoms with E-state index in [4.69, 9.17) is 4.42 Å². The van der Waals surface area contributed by atoms with Crippen LogP contribution in [-0.2, 0) is 23.0 Å². The van der Waals surface area contributed by atoms with Crippen molar-refractivity contribution in [2.24, 2.45) is 0 Å². The SMILES string of the molecule is CC(c1cccc2c1CNCC2)n1c(=O)oc2cc(S(=O)(=O)Nc3nccs3)ccc21. The number of hydrogen-bond acceptors (Lipinski definition) is 7. The molecule has 1 unspecified atom stereocenters. The van der Waals surface area contributed by atoms with Crippen molar-refractivity contribution in [3.63, 3.8) is 0 Å². The standard InChI is InChI=1S/C21H20N4O4S2/c1-13(16-4-2-3-14-7-8-22-12-17(14)16)25-18-6-5-15(11-19(18)29-21(25)26)31(27,28)24-20-23-9-10-30-20/h2-6,9-11,13,22H,7-8,12H2,1H3,(H,23,24). The molecule has 1 aliphatic rings. The zero-order valence-corrected chi connectivity index (χ0v) is 18.3. The summed E-state index contributed by atoms with van der Waals surface area (Å²) in [5, 5.41) is 5.34. The number of sulfonamides is 1. The number of oxazole rings is 1. The monoisotopic (exact) mass is 456 g/mol. The Balaban J connectivity index is 1.56. The van der Waals surface area contributed by atoms with Crippen LogP contribution in [0.15, 0.2) is 62.1 Å². The molecule has 0 saturated heterocycles. The van der Waals surface area contributed by atoms with Gasteiger partial charge >= 0.3 is 5.76 Å². The summed E-state index contributed by atoms with van der Waals surface area (Å²) in [6, 6.07) is 10.3. The average Bonchev–Trinajstić information content (AvgIpc) is 3.38. The van der Waals surface area contributed by atoms with Crippen molar-refractivity contribution in [1.82, 2.24) is 14.9 Å². The van der Waals surface area contributed by atoms with Gasteiger partial charge in [0.25, 0.3) is 10.0 Å². The molecule has 10 heteroatoms. The fourth-order valence-corrected chi connectivity index (χ4v) is 5.87. The lowest BCUT2D eigenvalue weighted by Gasteiger charge is -2.24. The molecule has 0 amide bonds. The highest BCUT2D eigenvalue weighted by atomic mass is 32.2. The van der Waals surface area contributed by atoms with Gasteiger partial charge < -0.3 is 9.73 Å². The van der Waals surface area contributed by atoms with Gasteiger partial charge in [-0.2, -0.15) is 0 Å². The molecule has 8 nitrogen and oxygen atoms in total. The van der Waals surface area contributed by atoms with E-state index in [1.165, 1.54) is 40.8 Å². The first-order valence-corrected chi connectivity index (χ1v) is 12.2. The first-order chi connectivity index (χ1) is 14.9. The van der Waals surface area contributed by atoms with E-state index in [1.807, 2.05) is 19.1 Å². The minimum atomic E-state index is -3.84. The molecule has 31 heavy (non-hydrogen) atoms. The molecular formula is C21H20N4O4S2. The van der Waals surface area contributed by atoms with Crippen LogP contribution in [0.3, 0.4) is 0 Å². The van der Waals surface area contributed by atoms with E-state index in [1.54, 1.807) is 16.0 Å². The summed E-state index contributed by atoms with van der Waals surface area (Å²) in [6.07, 6.45) is 2.47. The van der Waals surface area contributed by atoms with Crippen LogP contribution < -0.4 is 15.8 Å². The van der Waals surface area contributed by atoms with E-state index in [9.17, 15) is 13.2 Å². The molecule has 0 bridgehead atoms.